The highest BCUT2D eigenvalue weighted by atomic mass is 16.5. The molecule has 2 heteroatoms. The Kier molecular flexibility index (Phi) is 0.957. The summed E-state index contributed by atoms with van der Waals surface area (Å²) in [4.78, 5) is 0. The normalized spacial score (nSPS) is 46.6. The van der Waals surface area contributed by atoms with Gasteiger partial charge in [0.25, 0.3) is 0 Å². The van der Waals surface area contributed by atoms with Gasteiger partial charge in [-0.3, -0.25) is 0 Å². The lowest BCUT2D eigenvalue weighted by atomic mass is 9.96. The lowest BCUT2D eigenvalue weighted by molar-refractivity contribution is -0.00892. The molecule has 1 fully saturated rings. The summed E-state index contributed by atoms with van der Waals surface area (Å²) in [5, 5.41) is 8.87. The molecule has 2 bridgehead atoms. The molecule has 9 heavy (non-hydrogen) atoms. The fraction of sp³-hybridized carbons (Fsp3) is 0.714. The number of fused-ring (bicyclic) bond motifs is 2. The van der Waals surface area contributed by atoms with Gasteiger partial charge in [-0.15, -0.1) is 0 Å². The van der Waals surface area contributed by atoms with Gasteiger partial charge >= 0.3 is 0 Å². The SMILES string of the molecule is OCC12C=CC(CC1)O2. The van der Waals surface area contributed by atoms with Crippen molar-refractivity contribution >= 4 is 0 Å². The Labute approximate surface area is 54.1 Å². The van der Waals surface area contributed by atoms with Gasteiger partial charge in [0.15, 0.2) is 0 Å². The van der Waals surface area contributed by atoms with Crippen LogP contribution in [0.5, 0.6) is 0 Å². The molecule has 2 aliphatic heterocycles. The van der Waals surface area contributed by atoms with Crippen LogP contribution in [0.3, 0.4) is 0 Å². The first-order chi connectivity index (χ1) is 4.35. The van der Waals surface area contributed by atoms with Crippen LogP contribution in [0.2, 0.25) is 0 Å². The van der Waals surface area contributed by atoms with E-state index in [0.717, 1.165) is 12.8 Å². The molecule has 0 saturated carbocycles. The molecule has 50 valence electrons. The van der Waals surface area contributed by atoms with E-state index in [2.05, 4.69) is 0 Å². The van der Waals surface area contributed by atoms with E-state index in [-0.39, 0.29) is 12.2 Å². The first-order valence-corrected chi connectivity index (χ1v) is 3.33. The Bertz CT molecular complexity index is 153. The van der Waals surface area contributed by atoms with E-state index in [4.69, 9.17) is 9.84 Å². The van der Waals surface area contributed by atoms with Crippen molar-refractivity contribution in [3.63, 3.8) is 0 Å². The zero-order valence-corrected chi connectivity index (χ0v) is 5.21. The van der Waals surface area contributed by atoms with Crippen molar-refractivity contribution in [2.45, 2.75) is 24.5 Å². The standard InChI is InChI=1S/C7H10O2/c8-5-7-3-1-6(9-7)2-4-7/h1,3,6,8H,2,4-5H2. The highest BCUT2D eigenvalue weighted by molar-refractivity contribution is 5.16. The van der Waals surface area contributed by atoms with E-state index < -0.39 is 0 Å². The predicted octanol–water partition coefficient (Wildman–Crippen LogP) is 0.466. The minimum Gasteiger partial charge on any atom is -0.393 e. The third-order valence-electron chi connectivity index (χ3n) is 2.12. The van der Waals surface area contributed by atoms with Crippen molar-refractivity contribution in [3.05, 3.63) is 12.2 Å². The lowest BCUT2D eigenvalue weighted by Crippen LogP contribution is -2.27. The molecule has 0 aromatic rings. The third-order valence-corrected chi connectivity index (χ3v) is 2.12. The summed E-state index contributed by atoms with van der Waals surface area (Å²) >= 11 is 0. The van der Waals surface area contributed by atoms with Crippen LogP contribution < -0.4 is 0 Å². The van der Waals surface area contributed by atoms with Gasteiger partial charge < -0.3 is 9.84 Å². The molecule has 2 rings (SSSR count). The zero-order valence-electron chi connectivity index (χ0n) is 5.21. The summed E-state index contributed by atoms with van der Waals surface area (Å²) < 4.78 is 5.45. The fourth-order valence-electron chi connectivity index (χ4n) is 1.52. The van der Waals surface area contributed by atoms with Crippen LogP contribution in [0, 0.1) is 0 Å². The molecule has 2 unspecified atom stereocenters. The van der Waals surface area contributed by atoms with Gasteiger partial charge in [0, 0.05) is 0 Å². The number of hydrogen-bond donors (Lipinski definition) is 1. The first kappa shape index (κ1) is 5.45. The second-order valence-corrected chi connectivity index (χ2v) is 2.78. The number of hydrogen-bond acceptors (Lipinski definition) is 2. The monoisotopic (exact) mass is 126 g/mol. The fourth-order valence-corrected chi connectivity index (χ4v) is 1.52. The molecule has 2 aliphatic rings. The Morgan fingerprint density at radius 3 is 2.89 bits per heavy atom. The van der Waals surface area contributed by atoms with Crippen LogP contribution in [-0.4, -0.2) is 23.4 Å². The summed E-state index contributed by atoms with van der Waals surface area (Å²) in [5.74, 6) is 0. The van der Waals surface area contributed by atoms with Crippen LogP contribution in [0.15, 0.2) is 12.2 Å². The van der Waals surface area contributed by atoms with Crippen LogP contribution >= 0.6 is 0 Å². The van der Waals surface area contributed by atoms with Crippen LogP contribution in [0.1, 0.15) is 12.8 Å². The zero-order chi connectivity index (χ0) is 6.32. The van der Waals surface area contributed by atoms with E-state index in [1.165, 1.54) is 0 Å². The minimum atomic E-state index is -0.273. The summed E-state index contributed by atoms with van der Waals surface area (Å²) in [6, 6.07) is 0. The Morgan fingerprint density at radius 1 is 1.78 bits per heavy atom. The van der Waals surface area contributed by atoms with E-state index in [1.54, 1.807) is 0 Å². The number of ether oxygens (including phenoxy) is 1. The highest BCUT2D eigenvalue weighted by Crippen LogP contribution is 2.37. The minimum absolute atomic E-state index is 0.139. The maximum atomic E-state index is 8.87. The third kappa shape index (κ3) is 0.635. The van der Waals surface area contributed by atoms with Gasteiger partial charge in [-0.2, -0.15) is 0 Å². The Morgan fingerprint density at radius 2 is 2.67 bits per heavy atom. The molecule has 1 N–H and O–H groups in total. The van der Waals surface area contributed by atoms with Gasteiger partial charge in [-0.05, 0) is 12.8 Å². The van der Waals surface area contributed by atoms with Crippen LogP contribution in [0.25, 0.3) is 0 Å². The summed E-state index contributed by atoms with van der Waals surface area (Å²) in [6.45, 7) is 0.139. The molecule has 0 amide bonds. The van der Waals surface area contributed by atoms with Crippen molar-refractivity contribution in [1.29, 1.82) is 0 Å². The number of aliphatic hydroxyl groups excluding tert-OH is 1. The predicted molar refractivity (Wildman–Crippen MR) is 33.1 cm³/mol. The van der Waals surface area contributed by atoms with E-state index >= 15 is 0 Å². The van der Waals surface area contributed by atoms with E-state index in [0.29, 0.717) is 6.10 Å². The molecule has 0 radical (unpaired) electrons. The van der Waals surface area contributed by atoms with Crippen LogP contribution in [-0.2, 0) is 4.74 Å². The van der Waals surface area contributed by atoms with Gasteiger partial charge in [-0.25, -0.2) is 0 Å². The van der Waals surface area contributed by atoms with Crippen molar-refractivity contribution in [2.75, 3.05) is 6.61 Å². The molecule has 0 aliphatic carbocycles. The van der Waals surface area contributed by atoms with Gasteiger partial charge in [0.1, 0.15) is 5.60 Å². The van der Waals surface area contributed by atoms with Gasteiger partial charge in [0.2, 0.25) is 0 Å². The molecule has 0 aromatic heterocycles. The van der Waals surface area contributed by atoms with Crippen LogP contribution in [0.4, 0.5) is 0 Å². The lowest BCUT2D eigenvalue weighted by Gasteiger charge is -2.17. The smallest absolute Gasteiger partial charge is 0.110 e. The average molecular weight is 126 g/mol. The maximum Gasteiger partial charge on any atom is 0.110 e. The summed E-state index contributed by atoms with van der Waals surface area (Å²) in [5.41, 5.74) is -0.273. The van der Waals surface area contributed by atoms with E-state index in [9.17, 15) is 0 Å². The second-order valence-electron chi connectivity index (χ2n) is 2.78. The van der Waals surface area contributed by atoms with Crippen molar-refractivity contribution in [1.82, 2.24) is 0 Å². The number of rotatable bonds is 1. The maximum absolute atomic E-state index is 8.87. The molecular weight excluding hydrogens is 116 g/mol. The van der Waals surface area contributed by atoms with Gasteiger partial charge in [-0.1, -0.05) is 12.2 Å². The largest absolute Gasteiger partial charge is 0.393 e. The molecule has 0 spiro atoms. The number of aliphatic hydroxyl groups is 1. The topological polar surface area (TPSA) is 29.5 Å². The molecule has 2 heterocycles. The average Bonchev–Trinajstić information content (AvgIpc) is 2.46. The van der Waals surface area contributed by atoms with E-state index in [1.807, 2.05) is 12.2 Å². The Hall–Kier alpha value is -0.340. The summed E-state index contributed by atoms with van der Waals surface area (Å²) in [7, 11) is 0. The molecule has 2 atom stereocenters. The molecule has 0 aromatic carbocycles. The first-order valence-electron chi connectivity index (χ1n) is 3.33. The van der Waals surface area contributed by atoms with Gasteiger partial charge in [0.05, 0.1) is 12.7 Å². The van der Waals surface area contributed by atoms with Crippen molar-refractivity contribution in [2.24, 2.45) is 0 Å². The second kappa shape index (κ2) is 1.58. The highest BCUT2D eigenvalue weighted by Gasteiger charge is 2.41. The Balaban J connectivity index is 2.23. The van der Waals surface area contributed by atoms with Crippen molar-refractivity contribution < 1.29 is 9.84 Å². The molecular formula is C7H10O2. The molecule has 2 nitrogen and oxygen atoms in total. The molecule has 1 saturated heterocycles. The quantitative estimate of drug-likeness (QED) is 0.517. The van der Waals surface area contributed by atoms with Crippen molar-refractivity contribution in [3.8, 4) is 0 Å². The summed E-state index contributed by atoms with van der Waals surface area (Å²) in [6.07, 6.45) is 6.40.